The van der Waals surface area contributed by atoms with Crippen LogP contribution < -0.4 is 14.8 Å². The normalized spacial score (nSPS) is 30.8. The van der Waals surface area contributed by atoms with Gasteiger partial charge in [0.05, 0.1) is 13.7 Å². The van der Waals surface area contributed by atoms with Crippen molar-refractivity contribution < 1.29 is 33.6 Å². The first-order chi connectivity index (χ1) is 14.5. The molecule has 2 N–H and O–H groups in total. The lowest BCUT2D eigenvalue weighted by atomic mass is 9.95. The number of aliphatic hydroxyl groups excluding tert-OH is 1. The van der Waals surface area contributed by atoms with Gasteiger partial charge in [0.1, 0.15) is 35.9 Å². The Morgan fingerprint density at radius 2 is 1.77 bits per heavy atom. The van der Waals surface area contributed by atoms with Crippen molar-refractivity contribution in [3.8, 4) is 11.5 Å². The molecule has 160 valence electrons. The number of fused-ring (bicyclic) bond motifs is 1. The van der Waals surface area contributed by atoms with Crippen LogP contribution in [0, 0.1) is 0 Å². The third kappa shape index (κ3) is 4.41. The minimum absolute atomic E-state index is 0.219. The molecule has 6 atom stereocenters. The van der Waals surface area contributed by atoms with Crippen molar-refractivity contribution in [1.29, 1.82) is 0 Å². The lowest BCUT2D eigenvalue weighted by Crippen LogP contribution is -2.67. The van der Waals surface area contributed by atoms with Gasteiger partial charge in [0, 0.05) is 12.5 Å². The van der Waals surface area contributed by atoms with Gasteiger partial charge in [-0.05, 0) is 24.3 Å². The Labute approximate surface area is 174 Å². The second kappa shape index (κ2) is 9.01. The van der Waals surface area contributed by atoms with E-state index in [9.17, 15) is 9.90 Å². The molecule has 8 heteroatoms. The van der Waals surface area contributed by atoms with Crippen LogP contribution in [0.1, 0.15) is 18.8 Å². The Bertz CT molecular complexity index is 844. The summed E-state index contributed by atoms with van der Waals surface area (Å²) in [5, 5.41) is 13.8. The third-order valence-corrected chi connectivity index (χ3v) is 5.12. The van der Waals surface area contributed by atoms with E-state index in [1.807, 2.05) is 30.3 Å². The Balaban J connectivity index is 1.51. The Morgan fingerprint density at radius 3 is 2.43 bits per heavy atom. The number of hydrogen-bond acceptors (Lipinski definition) is 7. The molecule has 0 unspecified atom stereocenters. The van der Waals surface area contributed by atoms with E-state index in [1.165, 1.54) is 6.92 Å². The second-order valence-corrected chi connectivity index (χ2v) is 7.23. The fraction of sp³-hybridized carbons (Fsp3) is 0.409. The van der Waals surface area contributed by atoms with E-state index < -0.39 is 36.9 Å². The molecule has 30 heavy (non-hydrogen) atoms. The second-order valence-electron chi connectivity index (χ2n) is 7.23. The van der Waals surface area contributed by atoms with Crippen LogP contribution in [0.3, 0.4) is 0 Å². The predicted molar refractivity (Wildman–Crippen MR) is 106 cm³/mol. The molecule has 2 saturated heterocycles. The van der Waals surface area contributed by atoms with Gasteiger partial charge in [0.15, 0.2) is 6.29 Å². The molecule has 0 saturated carbocycles. The summed E-state index contributed by atoms with van der Waals surface area (Å²) < 4.78 is 28.9. The van der Waals surface area contributed by atoms with Crippen molar-refractivity contribution in [1.82, 2.24) is 5.32 Å². The quantitative estimate of drug-likeness (QED) is 0.769. The van der Waals surface area contributed by atoms with Gasteiger partial charge in [-0.25, -0.2) is 0 Å². The monoisotopic (exact) mass is 415 g/mol. The predicted octanol–water partition coefficient (Wildman–Crippen LogP) is 1.78. The fourth-order valence-corrected chi connectivity index (χ4v) is 3.65. The van der Waals surface area contributed by atoms with Gasteiger partial charge < -0.3 is 34.1 Å². The summed E-state index contributed by atoms with van der Waals surface area (Å²) >= 11 is 0. The molecular weight excluding hydrogens is 390 g/mol. The number of benzene rings is 2. The summed E-state index contributed by atoms with van der Waals surface area (Å²) in [6, 6.07) is 15.6. The maximum atomic E-state index is 11.8. The first-order valence-corrected chi connectivity index (χ1v) is 9.78. The summed E-state index contributed by atoms with van der Waals surface area (Å²) in [6.45, 7) is 1.59. The molecule has 0 aliphatic carbocycles. The van der Waals surface area contributed by atoms with Crippen LogP contribution in [0.2, 0.25) is 0 Å². The van der Waals surface area contributed by atoms with Crippen LogP contribution in [0.5, 0.6) is 11.5 Å². The van der Waals surface area contributed by atoms with Crippen molar-refractivity contribution in [2.45, 2.75) is 43.9 Å². The minimum Gasteiger partial charge on any atom is -0.497 e. The Hall–Kier alpha value is -2.65. The highest BCUT2D eigenvalue weighted by atomic mass is 16.7. The minimum atomic E-state index is -1.05. The number of amides is 1. The van der Waals surface area contributed by atoms with Gasteiger partial charge in [0.25, 0.3) is 0 Å². The van der Waals surface area contributed by atoms with E-state index in [0.717, 1.165) is 5.56 Å². The number of rotatable bonds is 5. The van der Waals surface area contributed by atoms with Crippen LogP contribution in [-0.4, -0.2) is 55.4 Å². The van der Waals surface area contributed by atoms with Crippen molar-refractivity contribution in [3.63, 3.8) is 0 Å². The summed E-state index contributed by atoms with van der Waals surface area (Å²) in [4.78, 5) is 11.8. The molecule has 2 aliphatic heterocycles. The number of carbonyl (C=O) groups is 1. The van der Waals surface area contributed by atoms with Gasteiger partial charge in [0.2, 0.25) is 12.2 Å². The molecule has 0 radical (unpaired) electrons. The zero-order valence-electron chi connectivity index (χ0n) is 16.8. The van der Waals surface area contributed by atoms with Gasteiger partial charge in [-0.3, -0.25) is 4.79 Å². The van der Waals surface area contributed by atoms with Gasteiger partial charge in [-0.1, -0.05) is 30.3 Å². The number of aliphatic hydroxyl groups is 1. The zero-order chi connectivity index (χ0) is 21.1. The van der Waals surface area contributed by atoms with E-state index in [-0.39, 0.29) is 12.5 Å². The molecular formula is C22H25NO7. The lowest BCUT2D eigenvalue weighted by Gasteiger charge is -2.47. The topological polar surface area (TPSA) is 95.5 Å². The van der Waals surface area contributed by atoms with E-state index >= 15 is 0 Å². The standard InChI is InChI=1S/C22H25NO7/c1-13(24)23-18-19(25)20-17(12-27-21(30-20)14-6-4-3-5-7-14)29-22(18)28-16-10-8-15(26-2)9-11-16/h3-11,17-22,25H,12H2,1-2H3,(H,23,24)/t17-,18+,19-,20+,21+,22-/m1/s1. The highest BCUT2D eigenvalue weighted by molar-refractivity contribution is 5.73. The third-order valence-electron chi connectivity index (χ3n) is 5.12. The Kier molecular flexibility index (Phi) is 6.19. The summed E-state index contributed by atoms with van der Waals surface area (Å²) in [6.07, 6.45) is -3.82. The molecule has 4 rings (SSSR count). The SMILES string of the molecule is COc1ccc(O[C@@H]2O[C@@H]3CO[C@H](c4ccccc4)O[C@@H]3[C@H](O)[C@@H]2NC(C)=O)cc1. The summed E-state index contributed by atoms with van der Waals surface area (Å²) in [5.74, 6) is 0.893. The first-order valence-electron chi connectivity index (χ1n) is 9.78. The average molecular weight is 415 g/mol. The number of ether oxygens (including phenoxy) is 5. The summed E-state index contributed by atoms with van der Waals surface area (Å²) in [5.41, 5.74) is 0.843. The average Bonchev–Trinajstić information content (AvgIpc) is 2.77. The maximum absolute atomic E-state index is 11.8. The highest BCUT2D eigenvalue weighted by Gasteiger charge is 2.50. The largest absolute Gasteiger partial charge is 0.497 e. The van der Waals surface area contributed by atoms with Crippen LogP contribution in [-0.2, 0) is 19.0 Å². The van der Waals surface area contributed by atoms with Crippen molar-refractivity contribution in [2.75, 3.05) is 13.7 Å². The van der Waals surface area contributed by atoms with E-state index in [2.05, 4.69) is 5.32 Å². The molecule has 2 aliphatic rings. The number of nitrogens with one attached hydrogen (secondary N) is 1. The smallest absolute Gasteiger partial charge is 0.223 e. The number of carbonyl (C=O) groups excluding carboxylic acids is 1. The molecule has 0 spiro atoms. The van der Waals surface area contributed by atoms with Gasteiger partial charge in [-0.2, -0.15) is 0 Å². The molecule has 2 heterocycles. The van der Waals surface area contributed by atoms with E-state index in [1.54, 1.807) is 31.4 Å². The molecule has 2 fully saturated rings. The maximum Gasteiger partial charge on any atom is 0.223 e. The van der Waals surface area contributed by atoms with Crippen molar-refractivity contribution in [2.24, 2.45) is 0 Å². The number of methoxy groups -OCH3 is 1. The van der Waals surface area contributed by atoms with Gasteiger partial charge in [-0.15, -0.1) is 0 Å². The molecule has 1 amide bonds. The first kappa shape index (κ1) is 20.6. The van der Waals surface area contributed by atoms with E-state index in [0.29, 0.717) is 11.5 Å². The number of hydrogen-bond donors (Lipinski definition) is 2. The van der Waals surface area contributed by atoms with E-state index in [4.69, 9.17) is 23.7 Å². The highest BCUT2D eigenvalue weighted by Crippen LogP contribution is 2.35. The molecule has 0 aromatic heterocycles. The van der Waals surface area contributed by atoms with Crippen molar-refractivity contribution in [3.05, 3.63) is 60.2 Å². The fourth-order valence-electron chi connectivity index (χ4n) is 3.65. The lowest BCUT2D eigenvalue weighted by molar-refractivity contribution is -0.333. The molecule has 0 bridgehead atoms. The zero-order valence-corrected chi connectivity index (χ0v) is 16.8. The van der Waals surface area contributed by atoms with Crippen LogP contribution in [0.25, 0.3) is 0 Å². The van der Waals surface area contributed by atoms with Crippen LogP contribution >= 0.6 is 0 Å². The molecule has 8 nitrogen and oxygen atoms in total. The van der Waals surface area contributed by atoms with Gasteiger partial charge >= 0.3 is 0 Å². The Morgan fingerprint density at radius 1 is 1.07 bits per heavy atom. The molecule has 2 aromatic rings. The van der Waals surface area contributed by atoms with Crippen LogP contribution in [0.4, 0.5) is 0 Å². The molecule has 2 aromatic carbocycles. The van der Waals surface area contributed by atoms with Crippen molar-refractivity contribution >= 4 is 5.91 Å². The van der Waals surface area contributed by atoms with Crippen LogP contribution in [0.15, 0.2) is 54.6 Å². The summed E-state index contributed by atoms with van der Waals surface area (Å²) in [7, 11) is 1.58.